The molecule has 1 rings (SSSR count). The molecular formula is C14H23N3O3. The number of carbonyl (C=O) groups is 2. The van der Waals surface area contributed by atoms with Crippen LogP contribution in [0, 0.1) is 18.8 Å². The Bertz CT molecular complexity index is 492. The Labute approximate surface area is 119 Å². The highest BCUT2D eigenvalue weighted by atomic mass is 16.4. The maximum Gasteiger partial charge on any atom is 0.326 e. The molecule has 1 atom stereocenters. The van der Waals surface area contributed by atoms with E-state index in [0.29, 0.717) is 11.5 Å². The van der Waals surface area contributed by atoms with Crippen molar-refractivity contribution in [3.8, 4) is 0 Å². The van der Waals surface area contributed by atoms with Crippen molar-refractivity contribution in [1.82, 2.24) is 15.1 Å². The first-order chi connectivity index (χ1) is 9.23. The molecule has 0 aliphatic heterocycles. The Hall–Kier alpha value is -1.85. The van der Waals surface area contributed by atoms with Crippen LogP contribution in [-0.4, -0.2) is 32.8 Å². The van der Waals surface area contributed by atoms with Crippen LogP contribution in [0.25, 0.3) is 0 Å². The highest BCUT2D eigenvalue weighted by Crippen LogP contribution is 2.11. The van der Waals surface area contributed by atoms with Gasteiger partial charge in [0.25, 0.3) is 5.91 Å². The second-order valence-corrected chi connectivity index (χ2v) is 5.75. The molecule has 6 nitrogen and oxygen atoms in total. The lowest BCUT2D eigenvalue weighted by Crippen LogP contribution is -2.44. The molecule has 0 aromatic carbocycles. The van der Waals surface area contributed by atoms with Gasteiger partial charge in [-0.05, 0) is 18.8 Å². The van der Waals surface area contributed by atoms with Crippen molar-refractivity contribution in [3.05, 3.63) is 17.5 Å². The normalized spacial score (nSPS) is 12.8. The molecule has 1 aromatic heterocycles. The van der Waals surface area contributed by atoms with Gasteiger partial charge in [0.2, 0.25) is 0 Å². The summed E-state index contributed by atoms with van der Waals surface area (Å²) in [5, 5.41) is 15.8. The highest BCUT2D eigenvalue weighted by molar-refractivity contribution is 5.97. The summed E-state index contributed by atoms with van der Waals surface area (Å²) in [6, 6.07) is -0.893. The predicted octanol–water partition coefficient (Wildman–Crippen LogP) is 1.69. The van der Waals surface area contributed by atoms with E-state index < -0.39 is 17.9 Å². The number of rotatable bonds is 6. The summed E-state index contributed by atoms with van der Waals surface area (Å²) >= 11 is 0. The van der Waals surface area contributed by atoms with Gasteiger partial charge in [0, 0.05) is 12.2 Å². The third-order valence-electron chi connectivity index (χ3n) is 3.11. The molecule has 0 aliphatic carbocycles. The van der Waals surface area contributed by atoms with Gasteiger partial charge in [-0.2, -0.15) is 5.10 Å². The maximum absolute atomic E-state index is 12.2. The predicted molar refractivity (Wildman–Crippen MR) is 75.5 cm³/mol. The first kappa shape index (κ1) is 16.2. The fraction of sp³-hybridized carbons (Fsp3) is 0.643. The fourth-order valence-electron chi connectivity index (χ4n) is 1.93. The molecule has 1 heterocycles. The minimum Gasteiger partial charge on any atom is -0.480 e. The van der Waals surface area contributed by atoms with Crippen LogP contribution in [0.4, 0.5) is 0 Å². The molecule has 0 fully saturated rings. The van der Waals surface area contributed by atoms with Gasteiger partial charge in [0.1, 0.15) is 6.04 Å². The van der Waals surface area contributed by atoms with E-state index in [1.807, 2.05) is 6.92 Å². The van der Waals surface area contributed by atoms with E-state index in [0.717, 1.165) is 12.2 Å². The molecule has 0 radical (unpaired) electrons. The van der Waals surface area contributed by atoms with Crippen molar-refractivity contribution >= 4 is 11.9 Å². The zero-order chi connectivity index (χ0) is 15.4. The summed E-state index contributed by atoms with van der Waals surface area (Å²) in [4.78, 5) is 23.3. The largest absolute Gasteiger partial charge is 0.480 e. The lowest BCUT2D eigenvalue weighted by atomic mass is 10.0. The second-order valence-electron chi connectivity index (χ2n) is 5.75. The molecular weight excluding hydrogens is 258 g/mol. The maximum atomic E-state index is 12.2. The number of nitrogens with one attached hydrogen (secondary N) is 1. The van der Waals surface area contributed by atoms with Crippen LogP contribution in [0.3, 0.4) is 0 Å². The fourth-order valence-corrected chi connectivity index (χ4v) is 1.93. The van der Waals surface area contributed by atoms with Gasteiger partial charge < -0.3 is 10.4 Å². The lowest BCUT2D eigenvalue weighted by molar-refractivity contribution is -0.140. The summed E-state index contributed by atoms with van der Waals surface area (Å²) in [5.74, 6) is -1.17. The molecule has 1 aromatic rings. The number of carboxylic acid groups (broad SMARTS) is 1. The Morgan fingerprint density at radius 3 is 2.40 bits per heavy atom. The van der Waals surface area contributed by atoms with Gasteiger partial charge in [-0.1, -0.05) is 27.7 Å². The van der Waals surface area contributed by atoms with Crippen molar-refractivity contribution in [2.24, 2.45) is 11.8 Å². The van der Waals surface area contributed by atoms with Gasteiger partial charge in [-0.3, -0.25) is 9.48 Å². The number of amides is 1. The minimum absolute atomic E-state index is 0.178. The van der Waals surface area contributed by atoms with Gasteiger partial charge in [-0.25, -0.2) is 4.79 Å². The van der Waals surface area contributed by atoms with E-state index in [9.17, 15) is 9.59 Å². The van der Waals surface area contributed by atoms with E-state index in [4.69, 9.17) is 5.11 Å². The number of hydrogen-bond donors (Lipinski definition) is 2. The van der Waals surface area contributed by atoms with Crippen molar-refractivity contribution in [2.75, 3.05) is 0 Å². The van der Waals surface area contributed by atoms with Gasteiger partial charge in [0.15, 0.2) is 0 Å². The molecule has 2 N–H and O–H groups in total. The summed E-state index contributed by atoms with van der Waals surface area (Å²) in [5.41, 5.74) is 1.18. The molecule has 0 unspecified atom stereocenters. The SMILES string of the molecule is Cc1c(C(=O)N[C@H](C(=O)O)C(C)C)cnn1CC(C)C. The monoisotopic (exact) mass is 281 g/mol. The number of nitrogens with zero attached hydrogens (tertiary/aromatic N) is 2. The average Bonchev–Trinajstić information content (AvgIpc) is 2.66. The van der Waals surface area contributed by atoms with Crippen LogP contribution in [0.1, 0.15) is 43.7 Å². The highest BCUT2D eigenvalue weighted by Gasteiger charge is 2.25. The summed E-state index contributed by atoms with van der Waals surface area (Å²) in [7, 11) is 0. The van der Waals surface area contributed by atoms with E-state index in [2.05, 4.69) is 24.3 Å². The van der Waals surface area contributed by atoms with Crippen LogP contribution < -0.4 is 5.32 Å². The number of aliphatic carboxylic acids is 1. The molecule has 0 saturated carbocycles. The molecule has 1 amide bonds. The van der Waals surface area contributed by atoms with Crippen molar-refractivity contribution in [2.45, 2.75) is 47.2 Å². The van der Waals surface area contributed by atoms with Crippen LogP contribution >= 0.6 is 0 Å². The lowest BCUT2D eigenvalue weighted by Gasteiger charge is -2.17. The third kappa shape index (κ3) is 3.82. The third-order valence-corrected chi connectivity index (χ3v) is 3.11. The Balaban J connectivity index is 2.87. The zero-order valence-electron chi connectivity index (χ0n) is 12.7. The zero-order valence-corrected chi connectivity index (χ0v) is 12.7. The van der Waals surface area contributed by atoms with Crippen LogP contribution in [0.5, 0.6) is 0 Å². The summed E-state index contributed by atoms with van der Waals surface area (Å²) in [6.07, 6.45) is 1.49. The molecule has 20 heavy (non-hydrogen) atoms. The standard InChI is InChI=1S/C14H23N3O3/c1-8(2)7-17-10(5)11(6-15-17)13(18)16-12(9(3)4)14(19)20/h6,8-9,12H,7H2,1-5H3,(H,16,18)(H,19,20)/t12-/m0/s1. The molecule has 0 saturated heterocycles. The molecule has 112 valence electrons. The number of aromatic nitrogens is 2. The van der Waals surface area contributed by atoms with Crippen LogP contribution in [0.2, 0.25) is 0 Å². The van der Waals surface area contributed by atoms with Crippen molar-refractivity contribution in [1.29, 1.82) is 0 Å². The minimum atomic E-state index is -1.03. The van der Waals surface area contributed by atoms with E-state index in [-0.39, 0.29) is 5.92 Å². The molecule has 6 heteroatoms. The number of hydrogen-bond acceptors (Lipinski definition) is 3. The Morgan fingerprint density at radius 2 is 1.95 bits per heavy atom. The van der Waals surface area contributed by atoms with E-state index in [1.54, 1.807) is 18.5 Å². The van der Waals surface area contributed by atoms with Crippen LogP contribution in [0.15, 0.2) is 6.20 Å². The molecule has 0 spiro atoms. The topological polar surface area (TPSA) is 84.2 Å². The summed E-state index contributed by atoms with van der Waals surface area (Å²) < 4.78 is 1.77. The Morgan fingerprint density at radius 1 is 1.35 bits per heavy atom. The smallest absolute Gasteiger partial charge is 0.326 e. The van der Waals surface area contributed by atoms with E-state index in [1.165, 1.54) is 6.20 Å². The quantitative estimate of drug-likeness (QED) is 0.831. The van der Waals surface area contributed by atoms with Crippen molar-refractivity contribution in [3.63, 3.8) is 0 Å². The molecule has 0 aliphatic rings. The average molecular weight is 281 g/mol. The first-order valence-corrected chi connectivity index (χ1v) is 6.80. The summed E-state index contributed by atoms with van der Waals surface area (Å²) in [6.45, 7) is 10.2. The number of carboxylic acids is 1. The molecule has 0 bridgehead atoms. The van der Waals surface area contributed by atoms with Crippen LogP contribution in [-0.2, 0) is 11.3 Å². The Kier molecular flexibility index (Phi) is 5.30. The number of carbonyl (C=O) groups excluding carboxylic acids is 1. The van der Waals surface area contributed by atoms with Gasteiger partial charge in [-0.15, -0.1) is 0 Å². The van der Waals surface area contributed by atoms with Gasteiger partial charge >= 0.3 is 5.97 Å². The van der Waals surface area contributed by atoms with Gasteiger partial charge in [0.05, 0.1) is 11.8 Å². The van der Waals surface area contributed by atoms with E-state index >= 15 is 0 Å². The second kappa shape index (κ2) is 6.54. The first-order valence-electron chi connectivity index (χ1n) is 6.80. The van der Waals surface area contributed by atoms with Crippen molar-refractivity contribution < 1.29 is 14.7 Å².